The van der Waals surface area contributed by atoms with E-state index in [4.69, 9.17) is 19.7 Å². The molecular weight excluding hydrogens is 246 g/mol. The average Bonchev–Trinajstić information content (AvgIpc) is 2.36. The molecule has 19 heavy (non-hydrogen) atoms. The average molecular weight is 270 g/mol. The largest absolute Gasteiger partial charge is 0.491 e. The monoisotopic (exact) mass is 270 g/mol. The Hall–Kier alpha value is -1.30. The number of hydrogen-bond donors (Lipinski definition) is 2. The minimum Gasteiger partial charge on any atom is -0.491 e. The number of nitrogens with zero attached hydrogens (tertiary/aromatic N) is 1. The van der Waals surface area contributed by atoms with Crippen LogP contribution in [0.4, 0.5) is 0 Å². The standard InChI is InChI=1S/C14H24NO4/c1-15(2,3)8-9-18-13-4-6-14(7-5-13)19-11-12(17)10-16/h4-7,12,16-17H,8-11H2,1-3H3/q+1. The van der Waals surface area contributed by atoms with Gasteiger partial charge in [-0.05, 0) is 24.3 Å². The van der Waals surface area contributed by atoms with E-state index in [-0.39, 0.29) is 13.2 Å². The third kappa shape index (κ3) is 7.00. The van der Waals surface area contributed by atoms with Crippen LogP contribution in [0.3, 0.4) is 0 Å². The van der Waals surface area contributed by atoms with Crippen molar-refractivity contribution in [2.24, 2.45) is 0 Å². The molecule has 1 atom stereocenters. The maximum Gasteiger partial charge on any atom is 0.137 e. The first kappa shape index (κ1) is 15.8. The number of benzene rings is 1. The summed E-state index contributed by atoms with van der Waals surface area (Å²) in [5.41, 5.74) is 0. The quantitative estimate of drug-likeness (QED) is 0.676. The number of aliphatic hydroxyl groups excluding tert-OH is 2. The number of ether oxygens (including phenoxy) is 2. The van der Waals surface area contributed by atoms with Crippen LogP contribution in [0.2, 0.25) is 0 Å². The van der Waals surface area contributed by atoms with Crippen molar-refractivity contribution >= 4 is 0 Å². The summed E-state index contributed by atoms with van der Waals surface area (Å²) >= 11 is 0. The summed E-state index contributed by atoms with van der Waals surface area (Å²) in [4.78, 5) is 0. The number of rotatable bonds is 8. The van der Waals surface area contributed by atoms with E-state index in [1.54, 1.807) is 12.1 Å². The minimum atomic E-state index is -0.847. The molecule has 0 heterocycles. The molecule has 0 amide bonds. The number of likely N-dealkylation sites (N-methyl/N-ethyl adjacent to an activating group) is 1. The molecule has 0 aliphatic heterocycles. The number of hydrogen-bond acceptors (Lipinski definition) is 4. The van der Waals surface area contributed by atoms with Gasteiger partial charge in [0.25, 0.3) is 0 Å². The van der Waals surface area contributed by atoms with Gasteiger partial charge in [0.05, 0.1) is 27.7 Å². The Labute approximate surface area is 114 Å². The topological polar surface area (TPSA) is 58.9 Å². The van der Waals surface area contributed by atoms with Gasteiger partial charge >= 0.3 is 0 Å². The first-order valence-corrected chi connectivity index (χ1v) is 6.36. The van der Waals surface area contributed by atoms with Crippen LogP contribution in [0.25, 0.3) is 0 Å². The zero-order chi connectivity index (χ0) is 14.3. The highest BCUT2D eigenvalue weighted by Crippen LogP contribution is 2.17. The van der Waals surface area contributed by atoms with Crippen LogP contribution < -0.4 is 9.47 Å². The smallest absolute Gasteiger partial charge is 0.137 e. The van der Waals surface area contributed by atoms with Crippen LogP contribution in [0.5, 0.6) is 11.5 Å². The van der Waals surface area contributed by atoms with Crippen LogP contribution in [0.1, 0.15) is 0 Å². The molecule has 0 aromatic heterocycles. The second kappa shape index (κ2) is 7.33. The summed E-state index contributed by atoms with van der Waals surface area (Å²) in [6.07, 6.45) is -0.847. The predicted octanol–water partition coefficient (Wildman–Crippen LogP) is 0.504. The molecule has 0 radical (unpaired) electrons. The molecule has 1 aromatic carbocycles. The number of aliphatic hydroxyl groups is 2. The maximum atomic E-state index is 9.16. The van der Waals surface area contributed by atoms with Gasteiger partial charge in [0.15, 0.2) is 0 Å². The van der Waals surface area contributed by atoms with E-state index in [1.807, 2.05) is 12.1 Å². The fraction of sp³-hybridized carbons (Fsp3) is 0.571. The predicted molar refractivity (Wildman–Crippen MR) is 73.4 cm³/mol. The lowest BCUT2D eigenvalue weighted by Crippen LogP contribution is -2.38. The second-order valence-electron chi connectivity index (χ2n) is 5.48. The van der Waals surface area contributed by atoms with Crippen molar-refractivity contribution in [3.63, 3.8) is 0 Å². The van der Waals surface area contributed by atoms with Gasteiger partial charge in [0.1, 0.15) is 37.4 Å². The van der Waals surface area contributed by atoms with E-state index in [2.05, 4.69) is 21.1 Å². The molecule has 0 spiro atoms. The van der Waals surface area contributed by atoms with Gasteiger partial charge in [-0.1, -0.05) is 0 Å². The van der Waals surface area contributed by atoms with Crippen molar-refractivity contribution in [2.45, 2.75) is 6.10 Å². The molecule has 5 nitrogen and oxygen atoms in total. The summed E-state index contributed by atoms with van der Waals surface area (Å²) in [5.74, 6) is 1.44. The lowest BCUT2D eigenvalue weighted by Gasteiger charge is -2.23. The van der Waals surface area contributed by atoms with Crippen molar-refractivity contribution in [1.29, 1.82) is 0 Å². The molecule has 0 fully saturated rings. The van der Waals surface area contributed by atoms with Gasteiger partial charge in [0.2, 0.25) is 0 Å². The van der Waals surface area contributed by atoms with Gasteiger partial charge in [-0.3, -0.25) is 0 Å². The molecule has 1 unspecified atom stereocenters. The van der Waals surface area contributed by atoms with Gasteiger partial charge < -0.3 is 24.2 Å². The van der Waals surface area contributed by atoms with Crippen LogP contribution >= 0.6 is 0 Å². The van der Waals surface area contributed by atoms with E-state index < -0.39 is 6.10 Å². The Balaban J connectivity index is 2.35. The molecule has 2 N–H and O–H groups in total. The fourth-order valence-electron chi connectivity index (χ4n) is 1.31. The Morgan fingerprint density at radius 1 is 1.05 bits per heavy atom. The zero-order valence-corrected chi connectivity index (χ0v) is 11.9. The second-order valence-corrected chi connectivity index (χ2v) is 5.48. The maximum absolute atomic E-state index is 9.16. The normalized spacial score (nSPS) is 13.1. The molecule has 0 aliphatic rings. The van der Waals surface area contributed by atoms with Crippen molar-refractivity contribution in [1.82, 2.24) is 0 Å². The minimum absolute atomic E-state index is 0.0816. The van der Waals surface area contributed by atoms with Gasteiger partial charge in [-0.25, -0.2) is 0 Å². The fourth-order valence-corrected chi connectivity index (χ4v) is 1.31. The van der Waals surface area contributed by atoms with Crippen molar-refractivity contribution < 1.29 is 24.2 Å². The van der Waals surface area contributed by atoms with Crippen LogP contribution in [0, 0.1) is 0 Å². The Kier molecular flexibility index (Phi) is 6.08. The third-order valence-corrected chi connectivity index (χ3v) is 2.51. The van der Waals surface area contributed by atoms with E-state index in [0.29, 0.717) is 12.4 Å². The van der Waals surface area contributed by atoms with Crippen LogP contribution in [-0.4, -0.2) is 68.3 Å². The van der Waals surface area contributed by atoms with Gasteiger partial charge in [-0.2, -0.15) is 0 Å². The third-order valence-electron chi connectivity index (χ3n) is 2.51. The van der Waals surface area contributed by atoms with E-state index >= 15 is 0 Å². The molecule has 5 heteroatoms. The molecule has 0 saturated carbocycles. The molecule has 0 bridgehead atoms. The lowest BCUT2D eigenvalue weighted by atomic mass is 10.3. The van der Waals surface area contributed by atoms with Gasteiger partial charge in [0, 0.05) is 0 Å². The highest BCUT2D eigenvalue weighted by atomic mass is 16.5. The van der Waals surface area contributed by atoms with E-state index in [1.165, 1.54) is 0 Å². The SMILES string of the molecule is C[N+](C)(C)CCOc1ccc(OCC(O)CO)cc1. The van der Waals surface area contributed by atoms with Crippen molar-refractivity contribution in [3.8, 4) is 11.5 Å². The summed E-state index contributed by atoms with van der Waals surface area (Å²) in [6, 6.07) is 7.23. The summed E-state index contributed by atoms with van der Waals surface area (Å²) in [6.45, 7) is 1.37. The highest BCUT2D eigenvalue weighted by molar-refractivity contribution is 5.31. The Morgan fingerprint density at radius 2 is 1.58 bits per heavy atom. The molecule has 1 rings (SSSR count). The van der Waals surface area contributed by atoms with Gasteiger partial charge in [-0.15, -0.1) is 0 Å². The highest BCUT2D eigenvalue weighted by Gasteiger charge is 2.07. The Bertz CT molecular complexity index is 359. The molecule has 1 aromatic rings. The first-order valence-electron chi connectivity index (χ1n) is 6.36. The van der Waals surface area contributed by atoms with Crippen LogP contribution in [-0.2, 0) is 0 Å². The van der Waals surface area contributed by atoms with E-state index in [9.17, 15) is 0 Å². The summed E-state index contributed by atoms with van der Waals surface area (Å²) in [7, 11) is 6.35. The first-order chi connectivity index (χ1) is 8.90. The zero-order valence-electron chi connectivity index (χ0n) is 11.9. The summed E-state index contributed by atoms with van der Waals surface area (Å²) in [5, 5.41) is 17.8. The molecular formula is C14H24NO4+. The lowest BCUT2D eigenvalue weighted by molar-refractivity contribution is -0.870. The summed E-state index contributed by atoms with van der Waals surface area (Å²) < 4.78 is 11.8. The van der Waals surface area contributed by atoms with Crippen LogP contribution in [0.15, 0.2) is 24.3 Å². The Morgan fingerprint density at radius 3 is 2.05 bits per heavy atom. The molecule has 0 saturated heterocycles. The van der Waals surface area contributed by atoms with Crippen molar-refractivity contribution in [2.75, 3.05) is 47.5 Å². The van der Waals surface area contributed by atoms with Crippen molar-refractivity contribution in [3.05, 3.63) is 24.3 Å². The molecule has 0 aliphatic carbocycles. The number of quaternary nitrogens is 1. The van der Waals surface area contributed by atoms with E-state index in [0.717, 1.165) is 16.8 Å². The molecule has 108 valence electrons.